The van der Waals surface area contributed by atoms with E-state index >= 15 is 0 Å². The number of aromatic nitrogens is 2. The summed E-state index contributed by atoms with van der Waals surface area (Å²) in [5.41, 5.74) is 4.10. The van der Waals surface area contributed by atoms with Crippen LogP contribution >= 0.6 is 11.6 Å². The summed E-state index contributed by atoms with van der Waals surface area (Å²) in [6.45, 7) is 4.96. The van der Waals surface area contributed by atoms with Crippen molar-refractivity contribution < 1.29 is 4.39 Å². The average Bonchev–Trinajstić information content (AvgIpc) is 3.11. The molecule has 1 aromatic heterocycles. The molecule has 0 radical (unpaired) electrons. The molecule has 1 aliphatic carbocycles. The Morgan fingerprint density at radius 2 is 2.08 bits per heavy atom. The Hall–Kier alpha value is -1.72. The fourth-order valence-electron chi connectivity index (χ4n) is 5.04. The lowest BCUT2D eigenvalue weighted by Crippen LogP contribution is -2.42. The maximum absolute atomic E-state index is 14.4. The fourth-order valence-corrected chi connectivity index (χ4v) is 5.21. The van der Waals surface area contributed by atoms with E-state index in [1.165, 1.54) is 11.9 Å². The number of rotatable bonds is 1. The largest absolute Gasteiger partial charge is 0.325 e. The fraction of sp³-hybridized carbons (Fsp3) is 0.500. The molecule has 1 aromatic carbocycles. The number of nitrogens with zero attached hydrogens (tertiary/aromatic N) is 3. The second kappa shape index (κ2) is 5.89. The predicted octanol–water partition coefficient (Wildman–Crippen LogP) is 4.42. The number of alkyl halides is 1. The van der Waals surface area contributed by atoms with Crippen molar-refractivity contribution in [1.82, 2.24) is 15.3 Å². The number of benzene rings is 1. The zero-order valence-electron chi connectivity index (χ0n) is 14.8. The van der Waals surface area contributed by atoms with Crippen LogP contribution in [0.5, 0.6) is 0 Å². The average molecular weight is 373 g/mol. The van der Waals surface area contributed by atoms with Crippen LogP contribution in [-0.2, 0) is 5.41 Å². The third-order valence-electron chi connectivity index (χ3n) is 6.34. The highest BCUT2D eigenvalue weighted by Crippen LogP contribution is 2.52. The van der Waals surface area contributed by atoms with E-state index in [-0.39, 0.29) is 11.3 Å². The van der Waals surface area contributed by atoms with Crippen molar-refractivity contribution in [3.63, 3.8) is 0 Å². The molecule has 3 aliphatic rings. The van der Waals surface area contributed by atoms with Crippen LogP contribution in [0.25, 0.3) is 0 Å². The van der Waals surface area contributed by atoms with Crippen LogP contribution in [-0.4, -0.2) is 29.6 Å². The highest BCUT2D eigenvalue weighted by molar-refractivity contribution is 6.30. The first-order valence-corrected chi connectivity index (χ1v) is 9.74. The summed E-state index contributed by atoms with van der Waals surface area (Å²) >= 11 is 6.35. The quantitative estimate of drug-likeness (QED) is 0.804. The number of nitrogens with one attached hydrogen (secondary N) is 1. The van der Waals surface area contributed by atoms with Crippen LogP contribution in [0.15, 0.2) is 24.5 Å². The Morgan fingerprint density at radius 3 is 2.88 bits per heavy atom. The minimum Gasteiger partial charge on any atom is -0.325 e. The molecule has 0 amide bonds. The molecule has 5 rings (SSSR count). The molecule has 1 saturated heterocycles. The van der Waals surface area contributed by atoms with Gasteiger partial charge in [0.15, 0.2) is 0 Å². The summed E-state index contributed by atoms with van der Waals surface area (Å²) < 4.78 is 14.4. The van der Waals surface area contributed by atoms with Crippen molar-refractivity contribution in [2.45, 2.75) is 43.7 Å². The zero-order valence-corrected chi connectivity index (χ0v) is 15.6. The third-order valence-corrected chi connectivity index (χ3v) is 6.58. The van der Waals surface area contributed by atoms with Gasteiger partial charge in [0.2, 0.25) is 0 Å². The molecular weight excluding hydrogens is 351 g/mol. The molecule has 26 heavy (non-hydrogen) atoms. The molecular formula is C20H22ClFN4. The molecule has 3 heterocycles. The monoisotopic (exact) mass is 372 g/mol. The van der Waals surface area contributed by atoms with E-state index < -0.39 is 6.17 Å². The topological polar surface area (TPSA) is 41.1 Å². The molecule has 1 spiro atoms. The van der Waals surface area contributed by atoms with Gasteiger partial charge in [-0.15, -0.1) is 0 Å². The first-order chi connectivity index (χ1) is 12.6. The van der Waals surface area contributed by atoms with E-state index in [1.54, 1.807) is 0 Å². The Balaban J connectivity index is 1.67. The maximum Gasteiger partial charge on any atom is 0.143 e. The molecule has 4 nitrogen and oxygen atoms in total. The molecule has 2 aliphatic heterocycles. The molecule has 0 unspecified atom stereocenters. The van der Waals surface area contributed by atoms with Gasteiger partial charge in [0.05, 0.1) is 5.69 Å². The van der Waals surface area contributed by atoms with E-state index in [0.29, 0.717) is 12.1 Å². The summed E-state index contributed by atoms with van der Waals surface area (Å²) in [6, 6.07) is 6.15. The highest BCUT2D eigenvalue weighted by atomic mass is 35.5. The second-order valence-corrected chi connectivity index (χ2v) is 8.31. The summed E-state index contributed by atoms with van der Waals surface area (Å²) in [6.07, 6.45) is 3.18. The van der Waals surface area contributed by atoms with Gasteiger partial charge in [0, 0.05) is 28.2 Å². The van der Waals surface area contributed by atoms with Crippen LogP contribution in [0.4, 0.5) is 15.9 Å². The van der Waals surface area contributed by atoms with Crippen molar-refractivity contribution in [3.05, 3.63) is 46.4 Å². The van der Waals surface area contributed by atoms with Gasteiger partial charge >= 0.3 is 0 Å². The SMILES string of the molecule is C[C@@H]1C[C@@H](F)c2ncnc(N3CC4(CCNCC4)c4cc(Cl)ccc43)c21. The van der Waals surface area contributed by atoms with Crippen LogP contribution in [0, 0.1) is 0 Å². The number of hydrogen-bond donors (Lipinski definition) is 1. The maximum atomic E-state index is 14.4. The number of halogens is 2. The van der Waals surface area contributed by atoms with Crippen LogP contribution < -0.4 is 10.2 Å². The van der Waals surface area contributed by atoms with Gasteiger partial charge in [-0.05, 0) is 62.0 Å². The highest BCUT2D eigenvalue weighted by Gasteiger charge is 2.46. The molecule has 2 aromatic rings. The minimum atomic E-state index is -0.984. The van der Waals surface area contributed by atoms with Crippen molar-refractivity contribution in [1.29, 1.82) is 0 Å². The van der Waals surface area contributed by atoms with Gasteiger partial charge in [-0.2, -0.15) is 0 Å². The van der Waals surface area contributed by atoms with Crippen LogP contribution in [0.1, 0.15) is 55.1 Å². The molecule has 6 heteroatoms. The van der Waals surface area contributed by atoms with Crippen molar-refractivity contribution in [2.24, 2.45) is 0 Å². The number of hydrogen-bond acceptors (Lipinski definition) is 4. The summed E-state index contributed by atoms with van der Waals surface area (Å²) in [7, 11) is 0. The first-order valence-electron chi connectivity index (χ1n) is 9.36. The first kappa shape index (κ1) is 16.5. The third kappa shape index (κ3) is 2.30. The smallest absolute Gasteiger partial charge is 0.143 e. The van der Waals surface area contributed by atoms with Gasteiger partial charge < -0.3 is 10.2 Å². The van der Waals surface area contributed by atoms with Gasteiger partial charge in [-0.25, -0.2) is 14.4 Å². The molecule has 0 bridgehead atoms. The summed E-state index contributed by atoms with van der Waals surface area (Å²) in [5, 5.41) is 4.24. The van der Waals surface area contributed by atoms with Crippen molar-refractivity contribution in [3.8, 4) is 0 Å². The predicted molar refractivity (Wildman–Crippen MR) is 101 cm³/mol. The zero-order chi connectivity index (χ0) is 17.9. The Bertz CT molecular complexity index is 865. The molecule has 1 fully saturated rings. The lowest BCUT2D eigenvalue weighted by Gasteiger charge is -2.35. The lowest BCUT2D eigenvalue weighted by atomic mass is 9.75. The van der Waals surface area contributed by atoms with Crippen LogP contribution in [0.3, 0.4) is 0 Å². The van der Waals surface area contributed by atoms with Crippen molar-refractivity contribution >= 4 is 23.1 Å². The van der Waals surface area contributed by atoms with Gasteiger partial charge in [-0.1, -0.05) is 18.5 Å². The Kier molecular flexibility index (Phi) is 3.73. The lowest BCUT2D eigenvalue weighted by molar-refractivity contribution is 0.326. The van der Waals surface area contributed by atoms with E-state index in [0.717, 1.165) is 54.6 Å². The van der Waals surface area contributed by atoms with Gasteiger partial charge in [0.25, 0.3) is 0 Å². The summed E-state index contributed by atoms with van der Waals surface area (Å²) in [5.74, 6) is 1.01. The second-order valence-electron chi connectivity index (χ2n) is 7.88. The molecule has 1 N–H and O–H groups in total. The molecule has 2 atom stereocenters. The normalized spacial score (nSPS) is 26.2. The number of fused-ring (bicyclic) bond motifs is 3. The van der Waals surface area contributed by atoms with Gasteiger partial charge in [0.1, 0.15) is 18.3 Å². The van der Waals surface area contributed by atoms with E-state index in [1.807, 2.05) is 6.07 Å². The van der Waals surface area contributed by atoms with Crippen LogP contribution in [0.2, 0.25) is 5.02 Å². The van der Waals surface area contributed by atoms with Crippen molar-refractivity contribution in [2.75, 3.05) is 24.5 Å². The van der Waals surface area contributed by atoms with Gasteiger partial charge in [-0.3, -0.25) is 0 Å². The molecule has 0 saturated carbocycles. The Labute approximate surface area is 157 Å². The van der Waals surface area contributed by atoms with E-state index in [2.05, 4.69) is 39.2 Å². The summed E-state index contributed by atoms with van der Waals surface area (Å²) in [4.78, 5) is 11.2. The standard InChI is InChI=1S/C20H22ClFN4/c1-12-8-15(22)18-17(12)19(25-11-24-18)26-10-20(4-6-23-7-5-20)14-9-13(21)2-3-16(14)26/h2-3,9,11-12,15,23H,4-8,10H2,1H3/t12-,15-/m1/s1. The number of piperidine rings is 1. The number of anilines is 2. The minimum absolute atomic E-state index is 0.0836. The van der Waals surface area contributed by atoms with E-state index in [9.17, 15) is 4.39 Å². The van der Waals surface area contributed by atoms with E-state index in [4.69, 9.17) is 11.6 Å². The Morgan fingerprint density at radius 1 is 1.27 bits per heavy atom. The molecule has 136 valence electrons.